The van der Waals surface area contributed by atoms with Gasteiger partial charge in [-0.25, -0.2) is 0 Å². The van der Waals surface area contributed by atoms with Gasteiger partial charge < -0.3 is 4.90 Å². The van der Waals surface area contributed by atoms with Crippen molar-refractivity contribution in [3.63, 3.8) is 0 Å². The lowest BCUT2D eigenvalue weighted by Gasteiger charge is -2.35. The van der Waals surface area contributed by atoms with Crippen LogP contribution in [0.2, 0.25) is 0 Å². The van der Waals surface area contributed by atoms with Gasteiger partial charge in [-0.2, -0.15) is 0 Å². The number of carbonyl (C=O) groups is 1. The molecule has 2 nitrogen and oxygen atoms in total. The van der Waals surface area contributed by atoms with Crippen LogP contribution in [0, 0.1) is 11.8 Å². The highest BCUT2D eigenvalue weighted by Gasteiger charge is 2.47. The Balaban J connectivity index is 1.87. The van der Waals surface area contributed by atoms with Crippen LogP contribution in [0.3, 0.4) is 0 Å². The first-order valence-corrected chi connectivity index (χ1v) is 9.00. The molecule has 0 spiro atoms. The third kappa shape index (κ3) is 2.68. The molecular weight excluding hydrogens is 270 g/mol. The normalized spacial score (nSPS) is 28.9. The fourth-order valence-corrected chi connectivity index (χ4v) is 4.67. The van der Waals surface area contributed by atoms with E-state index in [1.807, 2.05) is 18.2 Å². The van der Waals surface area contributed by atoms with E-state index in [0.717, 1.165) is 12.3 Å². The second kappa shape index (κ2) is 6.44. The van der Waals surface area contributed by atoms with Crippen molar-refractivity contribution in [2.75, 3.05) is 0 Å². The van der Waals surface area contributed by atoms with Gasteiger partial charge in [-0.1, -0.05) is 57.5 Å². The Labute approximate surface area is 134 Å². The molecule has 1 aliphatic carbocycles. The number of hydrogen-bond acceptors (Lipinski definition) is 1. The number of nitrogens with zero attached hydrogens (tertiary/aromatic N) is 1. The van der Waals surface area contributed by atoms with Gasteiger partial charge in [0.25, 0.3) is 0 Å². The Kier molecular flexibility index (Phi) is 4.56. The van der Waals surface area contributed by atoms with E-state index < -0.39 is 0 Å². The van der Waals surface area contributed by atoms with Crippen LogP contribution in [0.5, 0.6) is 0 Å². The fraction of sp³-hybridized carbons (Fsp3) is 0.650. The molecule has 22 heavy (non-hydrogen) atoms. The minimum absolute atomic E-state index is 0.0294. The minimum atomic E-state index is 0.0294. The third-order valence-corrected chi connectivity index (χ3v) is 5.81. The van der Waals surface area contributed by atoms with Crippen LogP contribution in [-0.2, 0) is 4.79 Å². The maximum absolute atomic E-state index is 13.4. The molecule has 0 bridgehead atoms. The van der Waals surface area contributed by atoms with Gasteiger partial charge in [0.15, 0.2) is 0 Å². The van der Waals surface area contributed by atoms with Gasteiger partial charge in [-0.3, -0.25) is 4.79 Å². The van der Waals surface area contributed by atoms with Gasteiger partial charge in [0.2, 0.25) is 5.91 Å². The van der Waals surface area contributed by atoms with Crippen molar-refractivity contribution in [3.05, 3.63) is 35.9 Å². The fourth-order valence-electron chi connectivity index (χ4n) is 4.67. The molecule has 2 heteroatoms. The van der Waals surface area contributed by atoms with Crippen molar-refractivity contribution >= 4 is 5.91 Å². The molecule has 1 aliphatic heterocycles. The van der Waals surface area contributed by atoms with Crippen molar-refractivity contribution in [2.24, 2.45) is 11.8 Å². The van der Waals surface area contributed by atoms with Crippen molar-refractivity contribution in [3.8, 4) is 0 Å². The molecular formula is C20H29NO. The Bertz CT molecular complexity index is 510. The molecule has 1 saturated heterocycles. The molecule has 0 radical (unpaired) electrons. The summed E-state index contributed by atoms with van der Waals surface area (Å²) in [5.41, 5.74) is 1.18. The second-order valence-corrected chi connectivity index (χ2v) is 7.42. The van der Waals surface area contributed by atoms with Gasteiger partial charge in [-0.05, 0) is 43.1 Å². The number of hydrogen-bond donors (Lipinski definition) is 0. The number of amides is 1. The molecule has 2 aliphatic rings. The zero-order valence-electron chi connectivity index (χ0n) is 14.2. The lowest BCUT2D eigenvalue weighted by atomic mass is 9.93. The molecule has 2 fully saturated rings. The monoisotopic (exact) mass is 299 g/mol. The lowest BCUT2D eigenvalue weighted by molar-refractivity contribution is -0.136. The number of benzene rings is 1. The van der Waals surface area contributed by atoms with Gasteiger partial charge >= 0.3 is 0 Å². The SMILES string of the molecule is CCC(C(=O)N1C2CCCC2C[C@H]1C(C)C)c1ccccc1. The highest BCUT2D eigenvalue weighted by atomic mass is 16.2. The van der Waals surface area contributed by atoms with E-state index in [4.69, 9.17) is 0 Å². The zero-order chi connectivity index (χ0) is 15.7. The largest absolute Gasteiger partial charge is 0.336 e. The van der Waals surface area contributed by atoms with Crippen LogP contribution in [0.15, 0.2) is 30.3 Å². The molecule has 1 aromatic rings. The van der Waals surface area contributed by atoms with Gasteiger partial charge in [0.05, 0.1) is 5.92 Å². The summed E-state index contributed by atoms with van der Waals surface area (Å²) in [5, 5.41) is 0. The topological polar surface area (TPSA) is 20.3 Å². The van der Waals surface area contributed by atoms with Crippen molar-refractivity contribution < 1.29 is 4.79 Å². The van der Waals surface area contributed by atoms with E-state index >= 15 is 0 Å². The van der Waals surface area contributed by atoms with Crippen molar-refractivity contribution in [2.45, 2.75) is 70.9 Å². The summed E-state index contributed by atoms with van der Waals surface area (Å²) in [5.74, 6) is 1.72. The molecule has 0 aromatic heterocycles. The summed E-state index contributed by atoms with van der Waals surface area (Å²) in [6.07, 6.45) is 5.94. The number of fused-ring (bicyclic) bond motifs is 1. The van der Waals surface area contributed by atoms with Crippen LogP contribution in [0.25, 0.3) is 0 Å². The average molecular weight is 299 g/mol. The molecule has 1 saturated carbocycles. The number of carbonyl (C=O) groups excluding carboxylic acids is 1. The first-order chi connectivity index (χ1) is 10.6. The molecule has 4 atom stereocenters. The van der Waals surface area contributed by atoms with E-state index in [1.165, 1.54) is 31.2 Å². The van der Waals surface area contributed by atoms with Crippen LogP contribution in [0.4, 0.5) is 0 Å². The van der Waals surface area contributed by atoms with Crippen LogP contribution < -0.4 is 0 Å². The Morgan fingerprint density at radius 3 is 2.59 bits per heavy atom. The molecule has 1 amide bonds. The minimum Gasteiger partial charge on any atom is -0.336 e. The first kappa shape index (κ1) is 15.6. The molecule has 1 aromatic carbocycles. The summed E-state index contributed by atoms with van der Waals surface area (Å²) >= 11 is 0. The highest BCUT2D eigenvalue weighted by molar-refractivity contribution is 5.84. The van der Waals surface area contributed by atoms with Crippen LogP contribution >= 0.6 is 0 Å². The predicted molar refractivity (Wildman–Crippen MR) is 90.7 cm³/mol. The van der Waals surface area contributed by atoms with E-state index in [-0.39, 0.29) is 5.92 Å². The standard InChI is InChI=1S/C20H29NO/c1-4-17(15-9-6-5-7-10-15)20(22)21-18-12-8-11-16(18)13-19(21)14(2)3/h5-7,9-10,14,16-19H,4,8,11-13H2,1-3H3/t16?,17?,18?,19-/m0/s1. The summed E-state index contributed by atoms with van der Waals surface area (Å²) in [4.78, 5) is 15.7. The quantitative estimate of drug-likeness (QED) is 0.795. The first-order valence-electron chi connectivity index (χ1n) is 9.00. The maximum Gasteiger partial charge on any atom is 0.230 e. The average Bonchev–Trinajstić information content (AvgIpc) is 3.09. The maximum atomic E-state index is 13.4. The number of rotatable bonds is 4. The second-order valence-electron chi connectivity index (χ2n) is 7.42. The summed E-state index contributed by atoms with van der Waals surface area (Å²) in [6, 6.07) is 11.3. The van der Waals surface area contributed by atoms with Gasteiger partial charge in [0, 0.05) is 12.1 Å². The Hall–Kier alpha value is -1.31. The van der Waals surface area contributed by atoms with Crippen LogP contribution in [-0.4, -0.2) is 22.9 Å². The molecule has 120 valence electrons. The third-order valence-electron chi connectivity index (χ3n) is 5.81. The Morgan fingerprint density at radius 1 is 1.23 bits per heavy atom. The van der Waals surface area contributed by atoms with Gasteiger partial charge in [-0.15, -0.1) is 0 Å². The lowest BCUT2D eigenvalue weighted by Crippen LogP contribution is -2.45. The van der Waals surface area contributed by atoms with Crippen molar-refractivity contribution in [1.29, 1.82) is 0 Å². The summed E-state index contributed by atoms with van der Waals surface area (Å²) < 4.78 is 0. The molecule has 3 unspecified atom stereocenters. The van der Waals surface area contributed by atoms with Gasteiger partial charge in [0.1, 0.15) is 0 Å². The highest BCUT2D eigenvalue weighted by Crippen LogP contribution is 2.44. The van der Waals surface area contributed by atoms with E-state index in [2.05, 4.69) is 37.8 Å². The molecule has 3 rings (SSSR count). The van der Waals surface area contributed by atoms with E-state index in [9.17, 15) is 4.79 Å². The van der Waals surface area contributed by atoms with E-state index in [0.29, 0.717) is 23.9 Å². The van der Waals surface area contributed by atoms with Crippen LogP contribution in [0.1, 0.15) is 64.4 Å². The van der Waals surface area contributed by atoms with Crippen molar-refractivity contribution in [1.82, 2.24) is 4.90 Å². The van der Waals surface area contributed by atoms with E-state index in [1.54, 1.807) is 0 Å². The zero-order valence-corrected chi connectivity index (χ0v) is 14.2. The number of likely N-dealkylation sites (tertiary alicyclic amines) is 1. The molecule has 1 heterocycles. The summed E-state index contributed by atoms with van der Waals surface area (Å²) in [6.45, 7) is 6.69. The smallest absolute Gasteiger partial charge is 0.230 e. The molecule has 0 N–H and O–H groups in total. The Morgan fingerprint density at radius 2 is 1.95 bits per heavy atom. The summed E-state index contributed by atoms with van der Waals surface area (Å²) in [7, 11) is 0. The predicted octanol–water partition coefficient (Wildman–Crippen LogP) is 4.61.